The number of hydrogen-bond acceptors (Lipinski definition) is 13. The Morgan fingerprint density at radius 1 is 1.32 bits per heavy atom. The summed E-state index contributed by atoms with van der Waals surface area (Å²) >= 11 is 0. The molecule has 2 N–H and O–H groups in total. The number of halogens is 1. The third-order valence-corrected chi connectivity index (χ3v) is 6.76. The Bertz CT molecular complexity index is 1110. The van der Waals surface area contributed by atoms with Crippen LogP contribution >= 0.6 is 7.82 Å². The lowest BCUT2D eigenvalue weighted by molar-refractivity contribution is -0.163. The molecule has 1 amide bonds. The van der Waals surface area contributed by atoms with E-state index >= 15 is 4.39 Å². The second-order valence-corrected chi connectivity index (χ2v) is 11.7. The normalized spacial score (nSPS) is 26.2. The molecule has 2 aliphatic heterocycles. The molecule has 1 unspecified atom stereocenters. The van der Waals surface area contributed by atoms with Gasteiger partial charge in [0.2, 0.25) is 13.6 Å². The van der Waals surface area contributed by atoms with E-state index < -0.39 is 87.8 Å². The predicted molar refractivity (Wildman–Crippen MR) is 133 cm³/mol. The van der Waals surface area contributed by atoms with E-state index in [4.69, 9.17) is 33.3 Å². The van der Waals surface area contributed by atoms with E-state index in [0.717, 1.165) is 11.0 Å². The summed E-state index contributed by atoms with van der Waals surface area (Å²) in [6.07, 6.45) is -3.55. The van der Waals surface area contributed by atoms with Crippen LogP contribution in [-0.2, 0) is 46.7 Å². The molecule has 0 aromatic rings. The Kier molecular flexibility index (Phi) is 11.2. The SMILES string of the molecule is C=C1NC(=O)C=CN1[C@@H]1O[C@](CN=[N+]=[N-])(COP(=O)(OCOC(=O)C(C)C)OCOC(=O)C(C)(C)C)[C@@H](O)[C@H]1F. The number of amides is 1. The first-order chi connectivity index (χ1) is 18.5. The predicted octanol–water partition coefficient (Wildman–Crippen LogP) is 2.37. The van der Waals surface area contributed by atoms with Gasteiger partial charge in [-0.15, -0.1) is 0 Å². The highest BCUT2D eigenvalue weighted by molar-refractivity contribution is 7.48. The van der Waals surface area contributed by atoms with Gasteiger partial charge in [0, 0.05) is 17.2 Å². The number of nitrogens with zero attached hydrogens (tertiary/aromatic N) is 4. The molecule has 0 aliphatic carbocycles. The number of phosphoric acid groups is 1. The van der Waals surface area contributed by atoms with E-state index in [1.807, 2.05) is 0 Å². The molecular weight excluding hydrogens is 560 g/mol. The van der Waals surface area contributed by atoms with Gasteiger partial charge in [-0.1, -0.05) is 25.5 Å². The van der Waals surface area contributed by atoms with Crippen LogP contribution in [0.2, 0.25) is 0 Å². The molecule has 1 fully saturated rings. The average molecular weight is 594 g/mol. The highest BCUT2D eigenvalue weighted by Crippen LogP contribution is 2.51. The topological polar surface area (TPSA) is 208 Å². The number of hydrogen-bond donors (Lipinski definition) is 2. The molecule has 18 heteroatoms. The van der Waals surface area contributed by atoms with Crippen molar-refractivity contribution < 1.29 is 56.2 Å². The summed E-state index contributed by atoms with van der Waals surface area (Å²) in [4.78, 5) is 39.0. The zero-order valence-corrected chi connectivity index (χ0v) is 23.5. The smallest absolute Gasteiger partial charge is 0.438 e. The van der Waals surface area contributed by atoms with Gasteiger partial charge in [0.1, 0.15) is 17.5 Å². The first-order valence-corrected chi connectivity index (χ1v) is 13.4. The van der Waals surface area contributed by atoms with Gasteiger partial charge in [0.25, 0.3) is 5.91 Å². The lowest BCUT2D eigenvalue weighted by Crippen LogP contribution is -2.48. The van der Waals surface area contributed by atoms with Crippen molar-refractivity contribution in [1.29, 1.82) is 0 Å². The molecule has 0 radical (unpaired) electrons. The molecule has 40 heavy (non-hydrogen) atoms. The van der Waals surface area contributed by atoms with E-state index in [2.05, 4.69) is 21.9 Å². The standard InChI is InChI=1S/C22H33FN5O11P/c1-13(2)19(31)34-11-37-40(33,38-12-35-20(32)21(4,5)6)36-10-22(9-25-27-24)17(30)16(23)18(39-22)28-8-7-15(29)26-14(28)3/h7-8,13,16-18,30H,3,9-12H2,1-2,4-6H3,(H,26,29)/t16-,17+,18-,22-,40?/m1/s1. The zero-order chi connectivity index (χ0) is 30.3. The molecule has 2 aliphatic rings. The Labute approximate surface area is 229 Å². The number of esters is 2. The Balaban J connectivity index is 2.26. The van der Waals surface area contributed by atoms with E-state index in [1.165, 1.54) is 6.20 Å². The van der Waals surface area contributed by atoms with Crippen molar-refractivity contribution in [3.05, 3.63) is 35.1 Å². The van der Waals surface area contributed by atoms with Crippen molar-refractivity contribution in [1.82, 2.24) is 10.2 Å². The van der Waals surface area contributed by atoms with Gasteiger partial charge >= 0.3 is 19.8 Å². The maximum atomic E-state index is 15.3. The van der Waals surface area contributed by atoms with Gasteiger partial charge in [-0.3, -0.25) is 18.9 Å². The number of rotatable bonds is 13. The molecule has 0 aromatic carbocycles. The molecule has 0 bridgehead atoms. The molecular formula is C22H33FN5O11P. The number of aliphatic hydroxyl groups is 1. The molecule has 2 heterocycles. The fraction of sp³-hybridized carbons (Fsp3) is 0.682. The van der Waals surface area contributed by atoms with E-state index in [9.17, 15) is 24.1 Å². The highest BCUT2D eigenvalue weighted by Gasteiger charge is 2.58. The van der Waals surface area contributed by atoms with Gasteiger partial charge in [-0.25, -0.2) is 18.0 Å². The number of ether oxygens (including phenoxy) is 3. The first kappa shape index (κ1) is 33.2. The summed E-state index contributed by atoms with van der Waals surface area (Å²) < 4.78 is 59.5. The third-order valence-electron chi connectivity index (χ3n) is 5.47. The summed E-state index contributed by atoms with van der Waals surface area (Å²) in [5.41, 5.74) is 5.78. The summed E-state index contributed by atoms with van der Waals surface area (Å²) in [7, 11) is -4.76. The van der Waals surface area contributed by atoms with Crippen molar-refractivity contribution in [2.24, 2.45) is 16.4 Å². The molecule has 2 rings (SSSR count). The van der Waals surface area contributed by atoms with Crippen LogP contribution < -0.4 is 5.32 Å². The van der Waals surface area contributed by atoms with Crippen LogP contribution in [-0.4, -0.2) is 78.7 Å². The second kappa shape index (κ2) is 13.5. The minimum Gasteiger partial charge on any atom is -0.438 e. The Morgan fingerprint density at radius 2 is 1.95 bits per heavy atom. The Morgan fingerprint density at radius 3 is 2.50 bits per heavy atom. The highest BCUT2D eigenvalue weighted by atomic mass is 31.2. The minimum absolute atomic E-state index is 0.0715. The lowest BCUT2D eigenvalue weighted by atomic mass is 9.97. The molecule has 16 nitrogen and oxygen atoms in total. The molecule has 224 valence electrons. The van der Waals surface area contributed by atoms with Crippen LogP contribution in [0.5, 0.6) is 0 Å². The van der Waals surface area contributed by atoms with Crippen molar-refractivity contribution in [3.8, 4) is 0 Å². The lowest BCUT2D eigenvalue weighted by Gasteiger charge is -2.34. The number of azide groups is 1. The molecule has 0 aromatic heterocycles. The third kappa shape index (κ3) is 8.48. The van der Waals surface area contributed by atoms with Gasteiger partial charge in [0.15, 0.2) is 12.4 Å². The zero-order valence-electron chi connectivity index (χ0n) is 22.6. The summed E-state index contributed by atoms with van der Waals surface area (Å²) in [6, 6.07) is 0. The fourth-order valence-electron chi connectivity index (χ4n) is 3.18. The van der Waals surface area contributed by atoms with Crippen LogP contribution in [0, 0.1) is 11.3 Å². The van der Waals surface area contributed by atoms with Crippen LogP contribution in [0.25, 0.3) is 10.4 Å². The average Bonchev–Trinajstić information content (AvgIpc) is 3.11. The van der Waals surface area contributed by atoms with E-state index in [1.54, 1.807) is 34.6 Å². The van der Waals surface area contributed by atoms with Crippen molar-refractivity contribution in [2.45, 2.75) is 58.7 Å². The Hall–Kier alpha value is -3.04. The van der Waals surface area contributed by atoms with Crippen molar-refractivity contribution in [3.63, 3.8) is 0 Å². The molecule has 0 saturated carbocycles. The summed E-state index contributed by atoms with van der Waals surface area (Å²) in [6.45, 7) is 7.91. The van der Waals surface area contributed by atoms with Crippen LogP contribution in [0.1, 0.15) is 34.6 Å². The van der Waals surface area contributed by atoms with Gasteiger partial charge in [-0.05, 0) is 26.3 Å². The number of carbonyl (C=O) groups is 3. The number of carbonyl (C=O) groups excluding carboxylic acids is 3. The summed E-state index contributed by atoms with van der Waals surface area (Å²) in [5.74, 6) is -2.57. The number of alkyl halides is 1. The van der Waals surface area contributed by atoms with Gasteiger partial charge in [0.05, 0.1) is 24.5 Å². The van der Waals surface area contributed by atoms with Crippen molar-refractivity contribution >= 4 is 25.7 Å². The van der Waals surface area contributed by atoms with Crippen LogP contribution in [0.15, 0.2) is 29.8 Å². The van der Waals surface area contributed by atoms with Gasteiger partial charge in [-0.2, -0.15) is 0 Å². The number of phosphoric ester groups is 1. The number of aliphatic hydroxyl groups excluding tert-OH is 1. The van der Waals surface area contributed by atoms with Crippen LogP contribution in [0.3, 0.4) is 0 Å². The monoisotopic (exact) mass is 593 g/mol. The quantitative estimate of drug-likeness (QED) is 0.0788. The molecule has 1 saturated heterocycles. The van der Waals surface area contributed by atoms with Crippen LogP contribution in [0.4, 0.5) is 4.39 Å². The largest absolute Gasteiger partial charge is 0.480 e. The number of nitrogens with one attached hydrogen (secondary N) is 1. The maximum Gasteiger partial charge on any atom is 0.480 e. The van der Waals surface area contributed by atoms with E-state index in [0.29, 0.717) is 0 Å². The van der Waals surface area contributed by atoms with Crippen molar-refractivity contribution in [2.75, 3.05) is 26.7 Å². The van der Waals surface area contributed by atoms with E-state index in [-0.39, 0.29) is 5.82 Å². The van der Waals surface area contributed by atoms with Gasteiger partial charge < -0.3 is 29.5 Å². The minimum atomic E-state index is -4.76. The fourth-order valence-corrected chi connectivity index (χ4v) is 4.14. The molecule has 0 spiro atoms. The maximum absolute atomic E-state index is 15.3. The molecule has 5 atom stereocenters. The first-order valence-electron chi connectivity index (χ1n) is 11.9. The second-order valence-electron chi connectivity index (χ2n) is 10.0. The summed E-state index contributed by atoms with van der Waals surface area (Å²) in [5, 5.41) is 16.5.